The van der Waals surface area contributed by atoms with Crippen LogP contribution in [0.2, 0.25) is 5.02 Å². The first kappa shape index (κ1) is 23.0. The van der Waals surface area contributed by atoms with Crippen molar-refractivity contribution < 1.29 is 9.59 Å². The molecule has 0 saturated heterocycles. The molecule has 0 aliphatic carbocycles. The third-order valence-corrected chi connectivity index (χ3v) is 4.89. The van der Waals surface area contributed by atoms with E-state index in [1.54, 1.807) is 17.0 Å². The zero-order chi connectivity index (χ0) is 21.4. The molecule has 0 aromatic heterocycles. The molecule has 0 radical (unpaired) electrons. The SMILES string of the molecule is CC[C@H](C(=O)NC(C)(C)C)N(CCc1ccccc1)C(=O)Cc1ccc(Cl)cc1. The zero-order valence-electron chi connectivity index (χ0n) is 17.7. The quantitative estimate of drug-likeness (QED) is 0.683. The molecule has 0 aliphatic rings. The summed E-state index contributed by atoms with van der Waals surface area (Å²) in [5.74, 6) is -0.170. The normalized spacial score (nSPS) is 12.3. The number of hydrogen-bond acceptors (Lipinski definition) is 2. The Bertz CT molecular complexity index is 798. The van der Waals surface area contributed by atoms with Crippen LogP contribution < -0.4 is 5.32 Å². The van der Waals surface area contributed by atoms with Crippen molar-refractivity contribution >= 4 is 23.4 Å². The van der Waals surface area contributed by atoms with Crippen LogP contribution in [-0.2, 0) is 22.4 Å². The molecule has 0 bridgehead atoms. The van der Waals surface area contributed by atoms with Crippen molar-refractivity contribution in [2.75, 3.05) is 6.54 Å². The molecule has 1 N–H and O–H groups in total. The number of benzene rings is 2. The number of carbonyl (C=O) groups excluding carboxylic acids is 2. The zero-order valence-corrected chi connectivity index (χ0v) is 18.5. The van der Waals surface area contributed by atoms with Crippen molar-refractivity contribution in [3.63, 3.8) is 0 Å². The number of nitrogens with one attached hydrogen (secondary N) is 1. The number of nitrogens with zero attached hydrogens (tertiary/aromatic N) is 1. The van der Waals surface area contributed by atoms with Crippen LogP contribution in [0, 0.1) is 0 Å². The smallest absolute Gasteiger partial charge is 0.243 e. The molecule has 2 aromatic rings. The standard InChI is InChI=1S/C24H31ClN2O2/c1-5-21(23(29)26-24(2,3)4)27(16-15-18-9-7-6-8-10-18)22(28)17-19-11-13-20(25)14-12-19/h6-14,21H,5,15-17H2,1-4H3,(H,26,29)/t21-/m1/s1. The Labute approximate surface area is 179 Å². The van der Waals surface area contributed by atoms with Gasteiger partial charge in [-0.1, -0.05) is 61.0 Å². The van der Waals surface area contributed by atoms with Gasteiger partial charge in [-0.3, -0.25) is 9.59 Å². The maximum atomic E-state index is 13.2. The Kier molecular flexibility index (Phi) is 8.27. The summed E-state index contributed by atoms with van der Waals surface area (Å²) < 4.78 is 0. The third-order valence-electron chi connectivity index (χ3n) is 4.64. The molecule has 2 rings (SSSR count). The third kappa shape index (κ3) is 7.54. The Morgan fingerprint density at radius 1 is 1.00 bits per heavy atom. The molecule has 2 amide bonds. The first-order valence-electron chi connectivity index (χ1n) is 10.1. The number of carbonyl (C=O) groups is 2. The number of hydrogen-bond donors (Lipinski definition) is 1. The average molecular weight is 415 g/mol. The monoisotopic (exact) mass is 414 g/mol. The Morgan fingerprint density at radius 3 is 2.17 bits per heavy atom. The van der Waals surface area contributed by atoms with Crippen molar-refractivity contribution in [1.82, 2.24) is 10.2 Å². The van der Waals surface area contributed by atoms with Crippen LogP contribution in [0.25, 0.3) is 0 Å². The fraction of sp³-hybridized carbons (Fsp3) is 0.417. The minimum atomic E-state index is -0.502. The fourth-order valence-corrected chi connectivity index (χ4v) is 3.35. The van der Waals surface area contributed by atoms with Crippen molar-refractivity contribution in [1.29, 1.82) is 0 Å². The summed E-state index contributed by atoms with van der Waals surface area (Å²) in [7, 11) is 0. The number of rotatable bonds is 8. The van der Waals surface area contributed by atoms with Crippen LogP contribution in [0.3, 0.4) is 0 Å². The van der Waals surface area contributed by atoms with Gasteiger partial charge in [0.15, 0.2) is 0 Å². The molecule has 1 atom stereocenters. The minimum absolute atomic E-state index is 0.0563. The maximum absolute atomic E-state index is 13.2. The Hall–Kier alpha value is -2.33. The van der Waals surface area contributed by atoms with E-state index in [-0.39, 0.29) is 23.8 Å². The minimum Gasteiger partial charge on any atom is -0.350 e. The van der Waals surface area contributed by atoms with E-state index in [9.17, 15) is 9.59 Å². The van der Waals surface area contributed by atoms with Gasteiger partial charge in [0.25, 0.3) is 0 Å². The van der Waals surface area contributed by atoms with Crippen LogP contribution in [-0.4, -0.2) is 34.8 Å². The summed E-state index contributed by atoms with van der Waals surface area (Å²) in [5.41, 5.74) is 1.67. The van der Waals surface area contributed by atoms with Gasteiger partial charge in [-0.05, 0) is 56.9 Å². The van der Waals surface area contributed by atoms with Gasteiger partial charge in [0.05, 0.1) is 6.42 Å². The summed E-state index contributed by atoms with van der Waals surface area (Å²) in [6.07, 6.45) is 1.50. The van der Waals surface area contributed by atoms with Gasteiger partial charge in [-0.15, -0.1) is 0 Å². The van der Waals surface area contributed by atoms with E-state index < -0.39 is 6.04 Å². The molecule has 0 saturated carbocycles. The van der Waals surface area contributed by atoms with Crippen LogP contribution in [0.1, 0.15) is 45.2 Å². The summed E-state index contributed by atoms with van der Waals surface area (Å²) in [6.45, 7) is 8.27. The molecular formula is C24H31ClN2O2. The molecule has 4 nitrogen and oxygen atoms in total. The van der Waals surface area contributed by atoms with Crippen LogP contribution >= 0.6 is 11.6 Å². The van der Waals surface area contributed by atoms with Gasteiger partial charge in [0.2, 0.25) is 11.8 Å². The summed E-state index contributed by atoms with van der Waals surface area (Å²) in [4.78, 5) is 27.8. The first-order valence-corrected chi connectivity index (χ1v) is 10.5. The van der Waals surface area contributed by atoms with E-state index in [1.807, 2.05) is 70.2 Å². The van der Waals surface area contributed by atoms with Crippen LogP contribution in [0.4, 0.5) is 0 Å². The molecular weight excluding hydrogens is 384 g/mol. The second kappa shape index (κ2) is 10.4. The first-order chi connectivity index (χ1) is 13.7. The average Bonchev–Trinajstić information content (AvgIpc) is 2.66. The van der Waals surface area contributed by atoms with Crippen molar-refractivity contribution in [3.8, 4) is 0 Å². The second-order valence-electron chi connectivity index (χ2n) is 8.29. The predicted molar refractivity (Wildman–Crippen MR) is 119 cm³/mol. The predicted octanol–water partition coefficient (Wildman–Crippen LogP) is 4.65. The van der Waals surface area contributed by atoms with E-state index >= 15 is 0 Å². The lowest BCUT2D eigenvalue weighted by molar-refractivity contribution is -0.140. The maximum Gasteiger partial charge on any atom is 0.243 e. The topological polar surface area (TPSA) is 49.4 Å². The fourth-order valence-electron chi connectivity index (χ4n) is 3.23. The number of halogens is 1. The summed E-state index contributed by atoms with van der Waals surface area (Å²) >= 11 is 5.96. The van der Waals surface area contributed by atoms with Gasteiger partial charge >= 0.3 is 0 Å². The largest absolute Gasteiger partial charge is 0.350 e. The van der Waals surface area contributed by atoms with Crippen LogP contribution in [0.15, 0.2) is 54.6 Å². The van der Waals surface area contributed by atoms with E-state index in [1.165, 1.54) is 0 Å². The second-order valence-corrected chi connectivity index (χ2v) is 8.73. The molecule has 156 valence electrons. The lowest BCUT2D eigenvalue weighted by Crippen LogP contribution is -2.54. The van der Waals surface area contributed by atoms with Crippen molar-refractivity contribution in [3.05, 3.63) is 70.7 Å². The number of amides is 2. The van der Waals surface area contributed by atoms with Gasteiger partial charge in [0.1, 0.15) is 6.04 Å². The highest BCUT2D eigenvalue weighted by atomic mass is 35.5. The molecule has 0 fully saturated rings. The van der Waals surface area contributed by atoms with Gasteiger partial charge in [-0.25, -0.2) is 0 Å². The molecule has 0 spiro atoms. The molecule has 0 heterocycles. The van der Waals surface area contributed by atoms with Crippen LogP contribution in [0.5, 0.6) is 0 Å². The molecule has 2 aromatic carbocycles. The van der Waals surface area contributed by atoms with E-state index in [2.05, 4.69) is 5.32 Å². The highest BCUT2D eigenvalue weighted by Gasteiger charge is 2.30. The molecule has 29 heavy (non-hydrogen) atoms. The van der Waals surface area contributed by atoms with E-state index in [0.29, 0.717) is 24.4 Å². The molecule has 0 aliphatic heterocycles. The van der Waals surface area contributed by atoms with Gasteiger partial charge in [0, 0.05) is 17.1 Å². The Morgan fingerprint density at radius 2 is 1.62 bits per heavy atom. The summed E-state index contributed by atoms with van der Waals surface area (Å²) in [5, 5.41) is 3.66. The highest BCUT2D eigenvalue weighted by molar-refractivity contribution is 6.30. The lowest BCUT2D eigenvalue weighted by Gasteiger charge is -2.33. The molecule has 5 heteroatoms. The Balaban J connectivity index is 2.21. The summed E-state index contributed by atoms with van der Waals surface area (Å²) in [6, 6.07) is 16.8. The highest BCUT2D eigenvalue weighted by Crippen LogP contribution is 2.15. The lowest BCUT2D eigenvalue weighted by atomic mass is 10.0. The van der Waals surface area contributed by atoms with Gasteiger partial charge in [-0.2, -0.15) is 0 Å². The van der Waals surface area contributed by atoms with Crippen molar-refractivity contribution in [2.45, 2.75) is 58.5 Å². The van der Waals surface area contributed by atoms with E-state index in [0.717, 1.165) is 11.1 Å². The van der Waals surface area contributed by atoms with E-state index in [4.69, 9.17) is 11.6 Å². The van der Waals surface area contributed by atoms with Gasteiger partial charge < -0.3 is 10.2 Å². The van der Waals surface area contributed by atoms with Crippen molar-refractivity contribution in [2.24, 2.45) is 0 Å². The molecule has 0 unspecified atom stereocenters.